The summed E-state index contributed by atoms with van der Waals surface area (Å²) in [6.45, 7) is 2.05. The number of hydrogen-bond donors (Lipinski definition) is 0. The van der Waals surface area contributed by atoms with Gasteiger partial charge in [0.2, 0.25) is 0 Å². The Labute approximate surface area is 125 Å². The fourth-order valence-electron chi connectivity index (χ4n) is 2.73. The van der Waals surface area contributed by atoms with Gasteiger partial charge in [-0.3, -0.25) is 4.79 Å². The Morgan fingerprint density at radius 2 is 2.10 bits per heavy atom. The number of halogens is 2. The van der Waals surface area contributed by atoms with Gasteiger partial charge in [-0.15, -0.1) is 0 Å². The molecule has 0 radical (unpaired) electrons. The molecule has 0 unspecified atom stereocenters. The van der Waals surface area contributed by atoms with Crippen molar-refractivity contribution in [3.63, 3.8) is 0 Å². The molecule has 1 aromatic rings. The van der Waals surface area contributed by atoms with Crippen LogP contribution in [-0.4, -0.2) is 42.9 Å². The van der Waals surface area contributed by atoms with E-state index in [1.54, 1.807) is 11.0 Å². The molecule has 1 spiro atoms. The molecule has 2 aliphatic rings. The maximum absolute atomic E-state index is 13.8. The highest BCUT2D eigenvalue weighted by molar-refractivity contribution is 9.10. The van der Waals surface area contributed by atoms with Crippen LogP contribution in [0, 0.1) is 5.82 Å². The molecule has 0 atom stereocenters. The van der Waals surface area contributed by atoms with E-state index in [0.717, 1.165) is 12.8 Å². The zero-order chi connectivity index (χ0) is 14.2. The fraction of sp³-hybridized carbons (Fsp3) is 0.500. The van der Waals surface area contributed by atoms with Gasteiger partial charge in [0.05, 0.1) is 25.3 Å². The van der Waals surface area contributed by atoms with Crippen molar-refractivity contribution in [3.05, 3.63) is 34.1 Å². The zero-order valence-corrected chi connectivity index (χ0v) is 12.5. The lowest BCUT2D eigenvalue weighted by atomic mass is 10.0. The maximum atomic E-state index is 13.8. The van der Waals surface area contributed by atoms with Crippen LogP contribution in [0.15, 0.2) is 22.7 Å². The second kappa shape index (κ2) is 5.42. The Balaban J connectivity index is 1.81. The van der Waals surface area contributed by atoms with E-state index in [2.05, 4.69) is 15.9 Å². The van der Waals surface area contributed by atoms with Crippen molar-refractivity contribution >= 4 is 21.8 Å². The smallest absolute Gasteiger partial charge is 0.257 e. The molecule has 0 N–H and O–H groups in total. The van der Waals surface area contributed by atoms with Crippen molar-refractivity contribution in [2.75, 3.05) is 26.3 Å². The van der Waals surface area contributed by atoms with Gasteiger partial charge in [-0.1, -0.05) is 15.9 Å². The minimum atomic E-state index is -0.684. The van der Waals surface area contributed by atoms with Crippen LogP contribution in [-0.2, 0) is 9.47 Å². The van der Waals surface area contributed by atoms with Gasteiger partial charge in [0.15, 0.2) is 5.79 Å². The molecule has 0 aromatic heterocycles. The van der Waals surface area contributed by atoms with Crippen molar-refractivity contribution in [2.45, 2.75) is 18.6 Å². The summed E-state index contributed by atoms with van der Waals surface area (Å²) in [5, 5.41) is 0. The third kappa shape index (κ3) is 2.60. The van der Waals surface area contributed by atoms with Crippen LogP contribution in [0.3, 0.4) is 0 Å². The van der Waals surface area contributed by atoms with Crippen molar-refractivity contribution in [3.8, 4) is 0 Å². The normalized spacial score (nSPS) is 21.4. The quantitative estimate of drug-likeness (QED) is 0.786. The lowest BCUT2D eigenvalue weighted by Crippen LogP contribution is -2.51. The molecule has 2 fully saturated rings. The van der Waals surface area contributed by atoms with Gasteiger partial charge in [0, 0.05) is 17.4 Å². The minimum Gasteiger partial charge on any atom is -0.346 e. The number of carbonyl (C=O) groups excluding carboxylic acids is 1. The van der Waals surface area contributed by atoms with E-state index in [-0.39, 0.29) is 11.5 Å². The molecule has 2 heterocycles. The number of benzene rings is 1. The Hall–Kier alpha value is -0.980. The molecule has 4 nitrogen and oxygen atoms in total. The summed E-state index contributed by atoms with van der Waals surface area (Å²) in [6, 6.07) is 4.38. The minimum absolute atomic E-state index is 0.0782. The van der Waals surface area contributed by atoms with Gasteiger partial charge in [-0.05, 0) is 24.6 Å². The molecule has 20 heavy (non-hydrogen) atoms. The van der Waals surface area contributed by atoms with Crippen LogP contribution in [0.1, 0.15) is 23.2 Å². The predicted octanol–water partition coefficient (Wildman–Crippen LogP) is 2.57. The van der Waals surface area contributed by atoms with E-state index in [0.29, 0.717) is 30.8 Å². The fourth-order valence-corrected chi connectivity index (χ4v) is 3.09. The molecule has 2 aliphatic heterocycles. The first kappa shape index (κ1) is 14.0. The number of amides is 1. The monoisotopic (exact) mass is 343 g/mol. The Bertz CT molecular complexity index is 531. The third-order valence-electron chi connectivity index (χ3n) is 3.68. The number of likely N-dealkylation sites (tertiary alicyclic amines) is 1. The van der Waals surface area contributed by atoms with Gasteiger partial charge in [0.25, 0.3) is 5.91 Å². The molecule has 6 heteroatoms. The summed E-state index contributed by atoms with van der Waals surface area (Å²) in [5.41, 5.74) is 0.0782. The summed E-state index contributed by atoms with van der Waals surface area (Å²) in [7, 11) is 0. The van der Waals surface area contributed by atoms with E-state index in [1.807, 2.05) is 0 Å². The number of nitrogens with zero attached hydrogens (tertiary/aromatic N) is 1. The first-order valence-corrected chi connectivity index (χ1v) is 7.41. The largest absolute Gasteiger partial charge is 0.346 e. The highest BCUT2D eigenvalue weighted by Crippen LogP contribution is 2.31. The van der Waals surface area contributed by atoms with Crippen LogP contribution in [0.4, 0.5) is 4.39 Å². The van der Waals surface area contributed by atoms with Gasteiger partial charge in [0.1, 0.15) is 5.82 Å². The standard InChI is InChI=1S/C14H15BrFNO3/c15-10-2-3-12(16)11(8-10)13(18)17-5-1-4-14(9-17)19-6-7-20-14/h2-3,8H,1,4-7,9H2. The first-order chi connectivity index (χ1) is 9.60. The highest BCUT2D eigenvalue weighted by Gasteiger charge is 2.42. The Morgan fingerprint density at radius 1 is 1.35 bits per heavy atom. The summed E-state index contributed by atoms with van der Waals surface area (Å²) < 4.78 is 25.8. The number of piperidine rings is 1. The van der Waals surface area contributed by atoms with Crippen molar-refractivity contribution < 1.29 is 18.7 Å². The SMILES string of the molecule is O=C(c1cc(Br)ccc1F)N1CCCC2(C1)OCCO2. The Kier molecular flexibility index (Phi) is 3.79. The van der Waals surface area contributed by atoms with Crippen LogP contribution in [0.25, 0.3) is 0 Å². The molecule has 1 aromatic carbocycles. The molecule has 108 valence electrons. The van der Waals surface area contributed by atoms with E-state index in [1.165, 1.54) is 12.1 Å². The van der Waals surface area contributed by atoms with E-state index in [4.69, 9.17) is 9.47 Å². The van der Waals surface area contributed by atoms with Gasteiger partial charge >= 0.3 is 0 Å². The third-order valence-corrected chi connectivity index (χ3v) is 4.17. The van der Waals surface area contributed by atoms with E-state index < -0.39 is 11.6 Å². The van der Waals surface area contributed by atoms with E-state index >= 15 is 0 Å². The Morgan fingerprint density at radius 3 is 2.85 bits per heavy atom. The summed E-state index contributed by atoms with van der Waals surface area (Å²) in [5.74, 6) is -1.51. The highest BCUT2D eigenvalue weighted by atomic mass is 79.9. The predicted molar refractivity (Wildman–Crippen MR) is 73.9 cm³/mol. The van der Waals surface area contributed by atoms with Crippen LogP contribution in [0.5, 0.6) is 0 Å². The lowest BCUT2D eigenvalue weighted by Gasteiger charge is -2.38. The molecule has 0 aliphatic carbocycles. The summed E-state index contributed by atoms with van der Waals surface area (Å²) in [6.07, 6.45) is 1.57. The average Bonchev–Trinajstić information content (AvgIpc) is 2.88. The topological polar surface area (TPSA) is 38.8 Å². The second-order valence-corrected chi connectivity index (χ2v) is 5.98. The number of carbonyl (C=O) groups is 1. The summed E-state index contributed by atoms with van der Waals surface area (Å²) in [4.78, 5) is 14.1. The van der Waals surface area contributed by atoms with Gasteiger partial charge in [-0.25, -0.2) is 4.39 Å². The summed E-state index contributed by atoms with van der Waals surface area (Å²) >= 11 is 3.26. The molecule has 0 bridgehead atoms. The number of rotatable bonds is 1. The molecule has 2 saturated heterocycles. The average molecular weight is 344 g/mol. The molecule has 3 rings (SSSR count). The maximum Gasteiger partial charge on any atom is 0.257 e. The van der Waals surface area contributed by atoms with Crippen LogP contribution in [0.2, 0.25) is 0 Å². The zero-order valence-electron chi connectivity index (χ0n) is 10.9. The van der Waals surface area contributed by atoms with Crippen molar-refractivity contribution in [2.24, 2.45) is 0 Å². The molecule has 1 amide bonds. The van der Waals surface area contributed by atoms with Crippen LogP contribution >= 0.6 is 15.9 Å². The molecule has 0 saturated carbocycles. The van der Waals surface area contributed by atoms with Gasteiger partial charge in [-0.2, -0.15) is 0 Å². The van der Waals surface area contributed by atoms with Gasteiger partial charge < -0.3 is 14.4 Å². The van der Waals surface area contributed by atoms with Crippen LogP contribution < -0.4 is 0 Å². The van der Waals surface area contributed by atoms with E-state index in [9.17, 15) is 9.18 Å². The second-order valence-electron chi connectivity index (χ2n) is 5.06. The number of ether oxygens (including phenoxy) is 2. The lowest BCUT2D eigenvalue weighted by molar-refractivity contribution is -0.183. The number of hydrogen-bond acceptors (Lipinski definition) is 3. The first-order valence-electron chi connectivity index (χ1n) is 6.62. The van der Waals surface area contributed by atoms with Crippen molar-refractivity contribution in [1.82, 2.24) is 4.90 Å². The molecular weight excluding hydrogens is 329 g/mol. The molecular formula is C14H15BrFNO3. The van der Waals surface area contributed by atoms with Crippen molar-refractivity contribution in [1.29, 1.82) is 0 Å².